The SMILES string of the molecule is CCOc1ccc(N(CC(=O)N2CCN(c3cccc(C)c3C)CC2)S(=O)(=O)c2ccc(F)cc2)cc1. The van der Waals surface area contributed by atoms with E-state index in [-0.39, 0.29) is 17.3 Å². The van der Waals surface area contributed by atoms with Gasteiger partial charge in [-0.15, -0.1) is 0 Å². The van der Waals surface area contributed by atoms with Crippen molar-refractivity contribution >= 4 is 27.3 Å². The Labute approximate surface area is 218 Å². The molecule has 1 heterocycles. The first kappa shape index (κ1) is 26.5. The Morgan fingerprint density at radius 1 is 0.946 bits per heavy atom. The van der Waals surface area contributed by atoms with E-state index in [2.05, 4.69) is 30.9 Å². The van der Waals surface area contributed by atoms with E-state index in [1.54, 1.807) is 29.2 Å². The summed E-state index contributed by atoms with van der Waals surface area (Å²) >= 11 is 0. The Hall–Kier alpha value is -3.59. The van der Waals surface area contributed by atoms with Crippen molar-refractivity contribution in [2.45, 2.75) is 25.7 Å². The van der Waals surface area contributed by atoms with Gasteiger partial charge in [0.1, 0.15) is 18.1 Å². The lowest BCUT2D eigenvalue weighted by atomic mass is 10.1. The highest BCUT2D eigenvalue weighted by atomic mass is 32.2. The summed E-state index contributed by atoms with van der Waals surface area (Å²) in [6.45, 7) is 8.43. The zero-order valence-corrected chi connectivity index (χ0v) is 22.2. The molecule has 0 atom stereocenters. The first-order chi connectivity index (χ1) is 17.7. The fourth-order valence-corrected chi connectivity index (χ4v) is 5.84. The van der Waals surface area contributed by atoms with E-state index in [4.69, 9.17) is 4.74 Å². The van der Waals surface area contributed by atoms with Gasteiger partial charge in [-0.05, 0) is 86.5 Å². The van der Waals surface area contributed by atoms with Gasteiger partial charge in [0, 0.05) is 31.9 Å². The molecule has 0 aromatic heterocycles. The number of carbonyl (C=O) groups is 1. The van der Waals surface area contributed by atoms with Crippen LogP contribution < -0.4 is 13.9 Å². The van der Waals surface area contributed by atoms with E-state index in [9.17, 15) is 17.6 Å². The quantitative estimate of drug-likeness (QED) is 0.437. The Morgan fingerprint density at radius 2 is 1.59 bits per heavy atom. The molecule has 1 fully saturated rings. The molecule has 37 heavy (non-hydrogen) atoms. The highest BCUT2D eigenvalue weighted by molar-refractivity contribution is 7.92. The summed E-state index contributed by atoms with van der Waals surface area (Å²) in [5.41, 5.74) is 3.92. The minimum atomic E-state index is -4.13. The number of amides is 1. The Balaban J connectivity index is 1.54. The maximum atomic E-state index is 13.6. The molecule has 1 aliphatic heterocycles. The van der Waals surface area contributed by atoms with E-state index in [0.29, 0.717) is 44.2 Å². The Kier molecular flexibility index (Phi) is 8.02. The third-order valence-electron chi connectivity index (χ3n) is 6.67. The summed E-state index contributed by atoms with van der Waals surface area (Å²) in [6.07, 6.45) is 0. The maximum Gasteiger partial charge on any atom is 0.264 e. The van der Waals surface area contributed by atoms with Crippen LogP contribution in [0.15, 0.2) is 71.6 Å². The summed E-state index contributed by atoms with van der Waals surface area (Å²) in [7, 11) is -4.13. The number of anilines is 2. The molecule has 0 bridgehead atoms. The second-order valence-corrected chi connectivity index (χ2v) is 10.8. The minimum Gasteiger partial charge on any atom is -0.494 e. The van der Waals surface area contributed by atoms with Gasteiger partial charge in [0.25, 0.3) is 10.0 Å². The first-order valence-corrected chi connectivity index (χ1v) is 13.7. The van der Waals surface area contributed by atoms with Crippen LogP contribution in [0.2, 0.25) is 0 Å². The molecule has 3 aromatic carbocycles. The minimum absolute atomic E-state index is 0.0877. The van der Waals surface area contributed by atoms with Crippen LogP contribution in [0.5, 0.6) is 5.75 Å². The van der Waals surface area contributed by atoms with Gasteiger partial charge in [-0.1, -0.05) is 12.1 Å². The second kappa shape index (κ2) is 11.2. The molecule has 1 aliphatic rings. The highest BCUT2D eigenvalue weighted by Crippen LogP contribution is 2.27. The third-order valence-corrected chi connectivity index (χ3v) is 8.45. The number of ether oxygens (including phenoxy) is 1. The number of piperazine rings is 1. The van der Waals surface area contributed by atoms with Crippen molar-refractivity contribution < 1.29 is 22.3 Å². The number of hydrogen-bond donors (Lipinski definition) is 0. The number of halogens is 1. The molecule has 1 amide bonds. The zero-order chi connectivity index (χ0) is 26.6. The average molecular weight is 526 g/mol. The van der Waals surface area contributed by atoms with Gasteiger partial charge < -0.3 is 14.5 Å². The van der Waals surface area contributed by atoms with Gasteiger partial charge in [0.2, 0.25) is 5.91 Å². The van der Waals surface area contributed by atoms with E-state index in [1.807, 2.05) is 13.0 Å². The van der Waals surface area contributed by atoms with Crippen LogP contribution in [0.4, 0.5) is 15.8 Å². The molecule has 0 unspecified atom stereocenters. The summed E-state index contributed by atoms with van der Waals surface area (Å²) in [4.78, 5) is 17.2. The van der Waals surface area contributed by atoms with E-state index in [0.717, 1.165) is 22.1 Å². The molecule has 7 nitrogen and oxygen atoms in total. The Bertz CT molecular complexity index is 1340. The number of rotatable bonds is 8. The lowest BCUT2D eigenvalue weighted by Crippen LogP contribution is -2.52. The summed E-state index contributed by atoms with van der Waals surface area (Å²) in [5.74, 6) is -0.233. The lowest BCUT2D eigenvalue weighted by molar-refractivity contribution is -0.129. The van der Waals surface area contributed by atoms with Gasteiger partial charge in [0.05, 0.1) is 17.2 Å². The molecule has 4 rings (SSSR count). The van der Waals surface area contributed by atoms with Crippen LogP contribution in [-0.2, 0) is 14.8 Å². The molecule has 0 radical (unpaired) electrons. The monoisotopic (exact) mass is 525 g/mol. The molecule has 0 spiro atoms. The zero-order valence-electron chi connectivity index (χ0n) is 21.4. The van der Waals surface area contributed by atoms with Crippen molar-refractivity contribution in [3.8, 4) is 5.75 Å². The smallest absolute Gasteiger partial charge is 0.264 e. The molecule has 1 saturated heterocycles. The van der Waals surface area contributed by atoms with Crippen LogP contribution in [0.1, 0.15) is 18.1 Å². The number of hydrogen-bond acceptors (Lipinski definition) is 5. The van der Waals surface area contributed by atoms with Gasteiger partial charge in [0.15, 0.2) is 0 Å². The predicted octanol–water partition coefficient (Wildman–Crippen LogP) is 4.39. The van der Waals surface area contributed by atoms with Crippen LogP contribution in [0.25, 0.3) is 0 Å². The van der Waals surface area contributed by atoms with Gasteiger partial charge in [-0.25, -0.2) is 12.8 Å². The van der Waals surface area contributed by atoms with E-state index >= 15 is 0 Å². The van der Waals surface area contributed by atoms with Crippen molar-refractivity contribution in [3.05, 3.63) is 83.7 Å². The number of carbonyl (C=O) groups excluding carboxylic acids is 1. The van der Waals surface area contributed by atoms with E-state index < -0.39 is 15.8 Å². The van der Waals surface area contributed by atoms with Crippen molar-refractivity contribution in [1.29, 1.82) is 0 Å². The molecular formula is C28H32FN3O4S. The highest BCUT2D eigenvalue weighted by Gasteiger charge is 2.30. The predicted molar refractivity (Wildman–Crippen MR) is 143 cm³/mol. The number of benzene rings is 3. The molecule has 0 saturated carbocycles. The van der Waals surface area contributed by atoms with Crippen LogP contribution in [-0.4, -0.2) is 58.6 Å². The lowest BCUT2D eigenvalue weighted by Gasteiger charge is -2.38. The molecule has 0 aliphatic carbocycles. The van der Waals surface area contributed by atoms with Crippen molar-refractivity contribution in [2.75, 3.05) is 48.5 Å². The van der Waals surface area contributed by atoms with Crippen molar-refractivity contribution in [2.24, 2.45) is 0 Å². The normalized spacial score (nSPS) is 13.9. The average Bonchev–Trinajstić information content (AvgIpc) is 2.90. The molecule has 196 valence electrons. The molecule has 0 N–H and O–H groups in total. The van der Waals surface area contributed by atoms with Crippen molar-refractivity contribution in [1.82, 2.24) is 4.90 Å². The van der Waals surface area contributed by atoms with Gasteiger partial charge in [-0.3, -0.25) is 9.10 Å². The third kappa shape index (κ3) is 5.88. The summed E-state index contributed by atoms with van der Waals surface area (Å²) in [5, 5.41) is 0. The largest absolute Gasteiger partial charge is 0.494 e. The van der Waals surface area contributed by atoms with Gasteiger partial charge in [-0.2, -0.15) is 0 Å². The molecular weight excluding hydrogens is 493 g/mol. The van der Waals surface area contributed by atoms with E-state index in [1.165, 1.54) is 23.3 Å². The fourth-order valence-electron chi connectivity index (χ4n) is 4.42. The van der Waals surface area contributed by atoms with Crippen LogP contribution >= 0.6 is 0 Å². The summed E-state index contributed by atoms with van der Waals surface area (Å²) in [6, 6.07) is 17.4. The molecule has 3 aromatic rings. The van der Waals surface area contributed by atoms with Crippen molar-refractivity contribution in [3.63, 3.8) is 0 Å². The number of nitrogens with zero attached hydrogens (tertiary/aromatic N) is 3. The standard InChI is InChI=1S/C28H32FN3O4S/c1-4-36-25-12-10-24(11-13-25)32(37(34,35)26-14-8-23(29)9-15-26)20-28(33)31-18-16-30(17-19-31)27-7-5-6-21(2)22(27)3/h5-15H,4,16-20H2,1-3H3. The topological polar surface area (TPSA) is 70.2 Å². The summed E-state index contributed by atoms with van der Waals surface area (Å²) < 4.78 is 47.2. The second-order valence-electron chi connectivity index (χ2n) is 8.98. The van der Waals surface area contributed by atoms with Crippen LogP contribution in [0, 0.1) is 19.7 Å². The molecule has 9 heteroatoms. The Morgan fingerprint density at radius 3 is 2.22 bits per heavy atom. The number of aryl methyl sites for hydroxylation is 1. The first-order valence-electron chi connectivity index (χ1n) is 12.3. The van der Waals surface area contributed by atoms with Crippen LogP contribution in [0.3, 0.4) is 0 Å². The van der Waals surface area contributed by atoms with Gasteiger partial charge >= 0.3 is 0 Å². The fraction of sp³-hybridized carbons (Fsp3) is 0.321. The maximum absolute atomic E-state index is 13.6. The number of sulfonamides is 1.